The summed E-state index contributed by atoms with van der Waals surface area (Å²) in [5, 5.41) is 2.96. The summed E-state index contributed by atoms with van der Waals surface area (Å²) in [5.41, 5.74) is 3.65. The highest BCUT2D eigenvalue weighted by Gasteiger charge is 2.17. The van der Waals surface area contributed by atoms with Gasteiger partial charge in [-0.05, 0) is 56.2 Å². The summed E-state index contributed by atoms with van der Waals surface area (Å²) in [6.45, 7) is 5.71. The molecule has 0 aliphatic heterocycles. The molecule has 0 aromatic heterocycles. The summed E-state index contributed by atoms with van der Waals surface area (Å²) in [7, 11) is -3.73. The zero-order valence-corrected chi connectivity index (χ0v) is 17.5. The fourth-order valence-electron chi connectivity index (χ4n) is 2.89. The van der Waals surface area contributed by atoms with Crippen molar-refractivity contribution in [2.24, 2.45) is 0 Å². The fraction of sp³-hybridized carbons (Fsp3) is 0.174. The molecule has 0 heterocycles. The fourth-order valence-corrected chi connectivity index (χ4v) is 4.04. The lowest BCUT2D eigenvalue weighted by molar-refractivity contribution is 0.0940. The molecular weight excluding hydrogens is 384 g/mol. The van der Waals surface area contributed by atoms with E-state index in [0.29, 0.717) is 11.3 Å². The number of hydrogen-bond donors (Lipinski definition) is 2. The third-order valence-corrected chi connectivity index (χ3v) is 6.10. The van der Waals surface area contributed by atoms with Gasteiger partial charge in [-0.3, -0.25) is 9.52 Å². The summed E-state index contributed by atoms with van der Waals surface area (Å²) >= 11 is 0. The molecule has 6 heteroatoms. The van der Waals surface area contributed by atoms with E-state index in [0.717, 1.165) is 16.7 Å². The highest BCUT2D eigenvalue weighted by Crippen LogP contribution is 2.22. The number of benzene rings is 3. The molecule has 0 aliphatic rings. The van der Waals surface area contributed by atoms with Gasteiger partial charge in [-0.1, -0.05) is 54.1 Å². The lowest BCUT2D eigenvalue weighted by Crippen LogP contribution is -2.26. The molecule has 150 valence electrons. The smallest absolute Gasteiger partial charge is 0.261 e. The van der Waals surface area contributed by atoms with Crippen LogP contribution in [0.2, 0.25) is 0 Å². The van der Waals surface area contributed by atoms with E-state index in [4.69, 9.17) is 0 Å². The van der Waals surface area contributed by atoms with Gasteiger partial charge in [0, 0.05) is 5.56 Å². The number of sulfonamides is 1. The number of hydrogen-bond acceptors (Lipinski definition) is 3. The van der Waals surface area contributed by atoms with Gasteiger partial charge >= 0.3 is 0 Å². The summed E-state index contributed by atoms with van der Waals surface area (Å²) in [5.74, 6) is -0.266. The highest BCUT2D eigenvalue weighted by molar-refractivity contribution is 7.92. The molecule has 29 heavy (non-hydrogen) atoms. The van der Waals surface area contributed by atoms with Crippen LogP contribution in [0, 0.1) is 13.8 Å². The molecule has 0 radical (unpaired) electrons. The number of aryl methyl sites for hydroxylation is 2. The van der Waals surface area contributed by atoms with E-state index in [2.05, 4.69) is 10.0 Å². The van der Waals surface area contributed by atoms with Gasteiger partial charge in [0.05, 0.1) is 16.6 Å². The second-order valence-corrected chi connectivity index (χ2v) is 8.74. The molecule has 3 rings (SSSR count). The molecule has 0 saturated carbocycles. The Kier molecular flexibility index (Phi) is 6.03. The first-order valence-corrected chi connectivity index (χ1v) is 10.8. The molecule has 3 aromatic rings. The van der Waals surface area contributed by atoms with Crippen LogP contribution in [-0.2, 0) is 10.0 Å². The SMILES string of the molecule is Cc1ccc(C(C)NC(=O)c2ccc(C)c(NS(=O)(=O)c3ccccc3)c2)cc1. The third kappa shape index (κ3) is 5.03. The van der Waals surface area contributed by atoms with Gasteiger partial charge in [-0.15, -0.1) is 0 Å². The van der Waals surface area contributed by atoms with Crippen molar-refractivity contribution in [1.82, 2.24) is 5.32 Å². The van der Waals surface area contributed by atoms with Gasteiger partial charge in [0.15, 0.2) is 0 Å². The normalized spacial score (nSPS) is 12.2. The Balaban J connectivity index is 1.79. The molecular formula is C23H24N2O3S. The van der Waals surface area contributed by atoms with Crippen LogP contribution < -0.4 is 10.0 Å². The van der Waals surface area contributed by atoms with E-state index in [-0.39, 0.29) is 16.8 Å². The van der Waals surface area contributed by atoms with Gasteiger partial charge in [0.1, 0.15) is 0 Å². The van der Waals surface area contributed by atoms with E-state index in [1.54, 1.807) is 43.3 Å². The molecule has 5 nitrogen and oxygen atoms in total. The van der Waals surface area contributed by atoms with Crippen molar-refractivity contribution in [3.8, 4) is 0 Å². The topological polar surface area (TPSA) is 75.3 Å². The Morgan fingerprint density at radius 1 is 0.897 bits per heavy atom. The minimum atomic E-state index is -3.73. The predicted octanol–water partition coefficient (Wildman–Crippen LogP) is 4.60. The minimum absolute atomic E-state index is 0.169. The molecule has 0 aliphatic carbocycles. The number of nitrogens with one attached hydrogen (secondary N) is 2. The Morgan fingerprint density at radius 3 is 2.21 bits per heavy atom. The van der Waals surface area contributed by atoms with Gasteiger partial charge in [-0.2, -0.15) is 0 Å². The average Bonchev–Trinajstić information content (AvgIpc) is 2.70. The van der Waals surface area contributed by atoms with Crippen molar-refractivity contribution in [1.29, 1.82) is 0 Å². The van der Waals surface area contributed by atoms with Crippen molar-refractivity contribution >= 4 is 21.6 Å². The van der Waals surface area contributed by atoms with Gasteiger partial charge in [-0.25, -0.2) is 8.42 Å². The van der Waals surface area contributed by atoms with E-state index in [9.17, 15) is 13.2 Å². The first kappa shape index (κ1) is 20.6. The monoisotopic (exact) mass is 408 g/mol. The molecule has 1 amide bonds. The highest BCUT2D eigenvalue weighted by atomic mass is 32.2. The number of amides is 1. The van der Waals surface area contributed by atoms with Crippen LogP contribution in [0.5, 0.6) is 0 Å². The molecule has 0 saturated heterocycles. The molecule has 1 atom stereocenters. The molecule has 1 unspecified atom stereocenters. The predicted molar refractivity (Wildman–Crippen MR) is 115 cm³/mol. The minimum Gasteiger partial charge on any atom is -0.346 e. The molecule has 0 fully saturated rings. The van der Waals surface area contributed by atoms with Gasteiger partial charge in [0.2, 0.25) is 0 Å². The molecule has 0 bridgehead atoms. The number of carbonyl (C=O) groups is 1. The van der Waals surface area contributed by atoms with Gasteiger partial charge in [0.25, 0.3) is 15.9 Å². The lowest BCUT2D eigenvalue weighted by atomic mass is 10.1. The van der Waals surface area contributed by atoms with Gasteiger partial charge < -0.3 is 5.32 Å². The molecule has 0 spiro atoms. The maximum Gasteiger partial charge on any atom is 0.261 e. The Hall–Kier alpha value is -3.12. The first-order valence-electron chi connectivity index (χ1n) is 9.32. The Bertz CT molecular complexity index is 1110. The average molecular weight is 409 g/mol. The van der Waals surface area contributed by atoms with Crippen LogP contribution >= 0.6 is 0 Å². The standard InChI is InChI=1S/C23H24N2O3S/c1-16-9-12-19(13-10-16)18(3)24-23(26)20-14-11-17(2)22(15-20)25-29(27,28)21-7-5-4-6-8-21/h4-15,18,25H,1-3H3,(H,24,26). The molecule has 2 N–H and O–H groups in total. The van der Waals surface area contributed by atoms with Crippen molar-refractivity contribution in [2.45, 2.75) is 31.7 Å². The van der Waals surface area contributed by atoms with Crippen LogP contribution in [0.3, 0.4) is 0 Å². The number of carbonyl (C=O) groups excluding carboxylic acids is 1. The summed E-state index contributed by atoms with van der Waals surface area (Å²) in [6.07, 6.45) is 0. The Morgan fingerprint density at radius 2 is 1.55 bits per heavy atom. The van der Waals surface area contributed by atoms with Crippen molar-refractivity contribution in [3.63, 3.8) is 0 Å². The van der Waals surface area contributed by atoms with Crippen molar-refractivity contribution < 1.29 is 13.2 Å². The van der Waals surface area contributed by atoms with Crippen LogP contribution in [0.25, 0.3) is 0 Å². The van der Waals surface area contributed by atoms with E-state index < -0.39 is 10.0 Å². The second-order valence-electron chi connectivity index (χ2n) is 7.05. The Labute approximate surface area is 171 Å². The zero-order chi connectivity index (χ0) is 21.0. The van der Waals surface area contributed by atoms with E-state index >= 15 is 0 Å². The summed E-state index contributed by atoms with van der Waals surface area (Å²) < 4.78 is 27.8. The maximum absolute atomic E-state index is 12.7. The van der Waals surface area contributed by atoms with Crippen LogP contribution in [0.15, 0.2) is 77.7 Å². The summed E-state index contributed by atoms with van der Waals surface area (Å²) in [6, 6.07) is 20.9. The largest absolute Gasteiger partial charge is 0.346 e. The third-order valence-electron chi connectivity index (χ3n) is 4.72. The van der Waals surface area contributed by atoms with Crippen molar-refractivity contribution in [2.75, 3.05) is 4.72 Å². The first-order chi connectivity index (χ1) is 13.8. The van der Waals surface area contributed by atoms with Crippen molar-refractivity contribution in [3.05, 3.63) is 95.1 Å². The molecule has 3 aromatic carbocycles. The van der Waals surface area contributed by atoms with Crippen LogP contribution in [0.4, 0.5) is 5.69 Å². The zero-order valence-electron chi connectivity index (χ0n) is 16.6. The lowest BCUT2D eigenvalue weighted by Gasteiger charge is -2.16. The van der Waals surface area contributed by atoms with E-state index in [1.807, 2.05) is 38.1 Å². The van der Waals surface area contributed by atoms with E-state index in [1.165, 1.54) is 12.1 Å². The van der Waals surface area contributed by atoms with Crippen LogP contribution in [0.1, 0.15) is 40.0 Å². The van der Waals surface area contributed by atoms with Crippen LogP contribution in [-0.4, -0.2) is 14.3 Å². The quantitative estimate of drug-likeness (QED) is 0.626. The number of anilines is 1. The maximum atomic E-state index is 12.7. The number of rotatable bonds is 6. The second kappa shape index (κ2) is 8.49. The summed E-state index contributed by atoms with van der Waals surface area (Å²) in [4.78, 5) is 12.9.